The number of benzene rings is 1. The van der Waals surface area contributed by atoms with E-state index < -0.39 is 17.2 Å². The Bertz CT molecular complexity index is 500. The third-order valence-electron chi connectivity index (χ3n) is 3.47. The van der Waals surface area contributed by atoms with E-state index in [9.17, 15) is 4.21 Å². The van der Waals surface area contributed by atoms with Gasteiger partial charge in [0.15, 0.2) is 17.2 Å². The molecule has 1 aliphatic heterocycles. The van der Waals surface area contributed by atoms with Crippen molar-refractivity contribution >= 4 is 16.7 Å². The van der Waals surface area contributed by atoms with Gasteiger partial charge in [-0.15, -0.1) is 0 Å². The molecule has 1 aromatic rings. The lowest BCUT2D eigenvalue weighted by Crippen LogP contribution is -2.34. The predicted molar refractivity (Wildman–Crippen MR) is 70.1 cm³/mol. The Balaban J connectivity index is 2.00. The predicted octanol–water partition coefficient (Wildman–Crippen LogP) is 2.81. The van der Waals surface area contributed by atoms with E-state index in [4.69, 9.17) is 5.26 Å². The second-order valence-corrected chi connectivity index (χ2v) is 5.91. The van der Waals surface area contributed by atoms with Crippen molar-refractivity contribution in [3.05, 3.63) is 40.8 Å². The number of hydrogen-bond acceptors (Lipinski definition) is 3. The SMILES string of the molecule is O=S1C2=C(CCCC2)[C@@H](OO)N1c1ccccc1. The van der Waals surface area contributed by atoms with E-state index in [1.807, 2.05) is 30.3 Å². The Labute approximate surface area is 108 Å². The maximum atomic E-state index is 12.5. The van der Waals surface area contributed by atoms with Gasteiger partial charge in [0, 0.05) is 4.91 Å². The van der Waals surface area contributed by atoms with Gasteiger partial charge in [-0.2, -0.15) is 0 Å². The van der Waals surface area contributed by atoms with Crippen molar-refractivity contribution in [2.45, 2.75) is 31.9 Å². The van der Waals surface area contributed by atoms with Gasteiger partial charge in [-0.05, 0) is 43.4 Å². The lowest BCUT2D eigenvalue weighted by Gasteiger charge is -2.24. The van der Waals surface area contributed by atoms with Gasteiger partial charge in [-0.3, -0.25) is 4.31 Å². The number of rotatable bonds is 2. The molecule has 0 fully saturated rings. The molecule has 0 amide bonds. The smallest absolute Gasteiger partial charge is 0.199 e. The summed E-state index contributed by atoms with van der Waals surface area (Å²) in [5.41, 5.74) is 1.80. The zero-order valence-electron chi connectivity index (χ0n) is 9.91. The summed E-state index contributed by atoms with van der Waals surface area (Å²) in [4.78, 5) is 5.53. The van der Waals surface area contributed by atoms with E-state index in [0.29, 0.717) is 0 Å². The lowest BCUT2D eigenvalue weighted by molar-refractivity contribution is -0.265. The third-order valence-corrected chi connectivity index (χ3v) is 5.12. The largest absolute Gasteiger partial charge is 0.254 e. The number of allylic oxidation sites excluding steroid dienone is 1. The summed E-state index contributed by atoms with van der Waals surface area (Å²) >= 11 is 0. The molecule has 96 valence electrons. The first-order chi connectivity index (χ1) is 8.83. The van der Waals surface area contributed by atoms with Crippen molar-refractivity contribution in [2.75, 3.05) is 4.31 Å². The molecule has 3 rings (SSSR count). The monoisotopic (exact) mass is 265 g/mol. The molecule has 0 radical (unpaired) electrons. The van der Waals surface area contributed by atoms with Gasteiger partial charge in [0.25, 0.3) is 0 Å². The highest BCUT2D eigenvalue weighted by Gasteiger charge is 2.40. The summed E-state index contributed by atoms with van der Waals surface area (Å²) in [5, 5.41) is 9.14. The molecule has 0 aromatic heterocycles. The topological polar surface area (TPSA) is 49.8 Å². The molecule has 2 atom stereocenters. The number of anilines is 1. The van der Waals surface area contributed by atoms with Gasteiger partial charge < -0.3 is 0 Å². The fraction of sp³-hybridized carbons (Fsp3) is 0.385. The van der Waals surface area contributed by atoms with Crippen LogP contribution in [0.1, 0.15) is 25.7 Å². The second kappa shape index (κ2) is 4.84. The van der Waals surface area contributed by atoms with E-state index in [2.05, 4.69) is 4.89 Å². The Kier molecular flexibility index (Phi) is 3.20. The molecule has 0 bridgehead atoms. The summed E-state index contributed by atoms with van der Waals surface area (Å²) in [6, 6.07) is 9.44. The van der Waals surface area contributed by atoms with Crippen molar-refractivity contribution in [2.24, 2.45) is 0 Å². The van der Waals surface area contributed by atoms with Crippen LogP contribution in [0.15, 0.2) is 40.8 Å². The number of para-hydroxylation sites is 1. The van der Waals surface area contributed by atoms with E-state index in [1.54, 1.807) is 4.31 Å². The number of hydrogen-bond donors (Lipinski definition) is 1. The van der Waals surface area contributed by atoms with Crippen molar-refractivity contribution in [3.63, 3.8) is 0 Å². The molecular formula is C13H15NO3S. The Morgan fingerprint density at radius 2 is 1.94 bits per heavy atom. The maximum Gasteiger partial charge on any atom is 0.199 e. The molecule has 1 unspecified atom stereocenters. The molecule has 5 heteroatoms. The zero-order chi connectivity index (χ0) is 12.5. The van der Waals surface area contributed by atoms with E-state index in [1.165, 1.54) is 0 Å². The van der Waals surface area contributed by atoms with Crippen LogP contribution in [0, 0.1) is 0 Å². The minimum absolute atomic E-state index is 0.594. The molecule has 0 spiro atoms. The standard InChI is InChI=1S/C13H15NO3S/c15-17-13-11-8-4-5-9-12(11)18(16)14(13)10-6-2-1-3-7-10/h1-3,6-7,13,15H,4-5,8-9H2/t13-,18?/m1/s1. The van der Waals surface area contributed by atoms with Gasteiger partial charge in [0.1, 0.15) is 0 Å². The zero-order valence-corrected chi connectivity index (χ0v) is 10.7. The molecule has 1 heterocycles. The summed E-state index contributed by atoms with van der Waals surface area (Å²) in [6.07, 6.45) is 3.23. The fourth-order valence-corrected chi connectivity index (χ4v) is 4.26. The van der Waals surface area contributed by atoms with E-state index in [-0.39, 0.29) is 0 Å². The summed E-state index contributed by atoms with van der Waals surface area (Å²) in [6.45, 7) is 0. The molecule has 2 aliphatic rings. The third kappa shape index (κ3) is 1.79. The van der Waals surface area contributed by atoms with Crippen molar-refractivity contribution in [1.29, 1.82) is 0 Å². The molecule has 18 heavy (non-hydrogen) atoms. The average molecular weight is 265 g/mol. The van der Waals surface area contributed by atoms with Crippen LogP contribution >= 0.6 is 0 Å². The highest BCUT2D eigenvalue weighted by atomic mass is 32.2. The first-order valence-corrected chi connectivity index (χ1v) is 7.22. The maximum absolute atomic E-state index is 12.5. The molecule has 1 aromatic carbocycles. The lowest BCUT2D eigenvalue weighted by atomic mass is 9.98. The van der Waals surface area contributed by atoms with Crippen LogP contribution in [0.4, 0.5) is 5.69 Å². The molecule has 1 aliphatic carbocycles. The molecule has 0 saturated heterocycles. The van der Waals surface area contributed by atoms with Gasteiger partial charge in [0.2, 0.25) is 0 Å². The van der Waals surface area contributed by atoms with Crippen molar-refractivity contribution in [3.8, 4) is 0 Å². The van der Waals surface area contributed by atoms with Crippen LogP contribution in [-0.4, -0.2) is 15.7 Å². The minimum Gasteiger partial charge on any atom is -0.254 e. The first-order valence-electron chi connectivity index (χ1n) is 6.11. The van der Waals surface area contributed by atoms with Crippen LogP contribution in [0.5, 0.6) is 0 Å². The average Bonchev–Trinajstić information content (AvgIpc) is 2.73. The van der Waals surface area contributed by atoms with E-state index >= 15 is 0 Å². The molecule has 4 nitrogen and oxygen atoms in total. The summed E-state index contributed by atoms with van der Waals surface area (Å²) in [5.74, 6) is 0. The Hall–Kier alpha value is -1.17. The van der Waals surface area contributed by atoms with Gasteiger partial charge >= 0.3 is 0 Å². The van der Waals surface area contributed by atoms with Crippen molar-refractivity contribution in [1.82, 2.24) is 0 Å². The van der Waals surface area contributed by atoms with Crippen LogP contribution in [0.2, 0.25) is 0 Å². The van der Waals surface area contributed by atoms with E-state index in [0.717, 1.165) is 41.8 Å². The van der Waals surface area contributed by atoms with Crippen LogP contribution < -0.4 is 4.31 Å². The summed E-state index contributed by atoms with van der Waals surface area (Å²) in [7, 11) is -1.23. The molecule has 1 N–H and O–H groups in total. The van der Waals surface area contributed by atoms with Crippen LogP contribution in [0.3, 0.4) is 0 Å². The van der Waals surface area contributed by atoms with Gasteiger partial charge in [-0.1, -0.05) is 18.2 Å². The Morgan fingerprint density at radius 3 is 2.67 bits per heavy atom. The molecule has 0 saturated carbocycles. The normalized spacial score (nSPS) is 27.5. The summed E-state index contributed by atoms with van der Waals surface area (Å²) < 4.78 is 14.1. The minimum atomic E-state index is -1.23. The van der Waals surface area contributed by atoms with Crippen LogP contribution in [0.25, 0.3) is 0 Å². The highest BCUT2D eigenvalue weighted by Crippen LogP contribution is 2.41. The van der Waals surface area contributed by atoms with Gasteiger partial charge in [0.05, 0.1) is 5.69 Å². The Morgan fingerprint density at radius 1 is 1.22 bits per heavy atom. The van der Waals surface area contributed by atoms with Crippen molar-refractivity contribution < 1.29 is 14.4 Å². The fourth-order valence-electron chi connectivity index (χ4n) is 2.62. The molecular weight excluding hydrogens is 250 g/mol. The van der Waals surface area contributed by atoms with Crippen LogP contribution in [-0.2, 0) is 15.9 Å². The highest BCUT2D eigenvalue weighted by molar-refractivity contribution is 7.90. The second-order valence-electron chi connectivity index (χ2n) is 4.52. The van der Waals surface area contributed by atoms with Gasteiger partial charge in [-0.25, -0.2) is 14.4 Å². The first kappa shape index (κ1) is 11.9. The quantitative estimate of drug-likeness (QED) is 0.661. The number of nitrogens with zero attached hydrogens (tertiary/aromatic N) is 1.